The van der Waals surface area contributed by atoms with Gasteiger partial charge >= 0.3 is 0 Å². The summed E-state index contributed by atoms with van der Waals surface area (Å²) >= 11 is 5.19. The highest BCUT2D eigenvalue weighted by atomic mass is 35.5. The van der Waals surface area contributed by atoms with Crippen molar-refractivity contribution >= 4 is 27.7 Å². The normalized spacial score (nSPS) is 10.4. The number of carbonyl (C=O) groups is 1. The van der Waals surface area contributed by atoms with Crippen LogP contribution < -0.4 is 5.43 Å². The van der Waals surface area contributed by atoms with E-state index in [4.69, 9.17) is 11.6 Å². The number of benzene rings is 1. The topological polar surface area (TPSA) is 62.8 Å². The van der Waals surface area contributed by atoms with Crippen molar-refractivity contribution in [3.8, 4) is 0 Å². The average molecular weight is 209 g/mol. The third-order valence-corrected chi connectivity index (χ3v) is 2.04. The number of hydrogen-bond donors (Lipinski definition) is 1. The third kappa shape index (κ3) is 1.29. The van der Waals surface area contributed by atoms with Crippen LogP contribution in [-0.2, 0) is 0 Å². The van der Waals surface area contributed by atoms with E-state index in [1.165, 1.54) is 0 Å². The van der Waals surface area contributed by atoms with Gasteiger partial charge in [-0.05, 0) is 23.7 Å². The van der Waals surface area contributed by atoms with Crippen molar-refractivity contribution in [2.24, 2.45) is 0 Å². The molecule has 1 aromatic heterocycles. The van der Waals surface area contributed by atoms with Gasteiger partial charge in [-0.3, -0.25) is 14.7 Å². The van der Waals surface area contributed by atoms with Gasteiger partial charge in [0.2, 0.25) is 5.43 Å². The van der Waals surface area contributed by atoms with E-state index in [1.54, 1.807) is 24.3 Å². The van der Waals surface area contributed by atoms with Gasteiger partial charge in [-0.1, -0.05) is 12.1 Å². The smallest absolute Gasteiger partial charge is 0.276 e. The van der Waals surface area contributed by atoms with Crippen molar-refractivity contribution in [2.75, 3.05) is 0 Å². The minimum atomic E-state index is -0.850. The average Bonchev–Trinajstić information content (AvgIpc) is 2.18. The highest BCUT2D eigenvalue weighted by Crippen LogP contribution is 2.05. The summed E-state index contributed by atoms with van der Waals surface area (Å²) < 4.78 is 0. The maximum Gasteiger partial charge on any atom is 0.276 e. The first-order chi connectivity index (χ1) is 6.70. The number of fused-ring (bicyclic) bond motifs is 1. The molecule has 70 valence electrons. The Balaban J connectivity index is 2.89. The molecule has 0 atom stereocenters. The molecule has 0 spiro atoms. The summed E-state index contributed by atoms with van der Waals surface area (Å²) in [6, 6.07) is 6.79. The molecule has 5 heteroatoms. The molecule has 0 saturated carbocycles. The fourth-order valence-electron chi connectivity index (χ4n) is 1.21. The SMILES string of the molecule is O=C(Cl)c1n[nH]c2ccccc2c1=O. The first-order valence-corrected chi connectivity index (χ1v) is 4.25. The second-order valence-corrected chi connectivity index (χ2v) is 3.06. The Hall–Kier alpha value is -1.68. The summed E-state index contributed by atoms with van der Waals surface area (Å²) in [4.78, 5) is 22.4. The molecule has 0 amide bonds. The number of para-hydroxylation sites is 1. The highest BCUT2D eigenvalue weighted by Gasteiger charge is 2.11. The van der Waals surface area contributed by atoms with E-state index < -0.39 is 10.7 Å². The summed E-state index contributed by atoms with van der Waals surface area (Å²) in [5.74, 6) is 0. The number of nitrogens with zero attached hydrogens (tertiary/aromatic N) is 1. The molecule has 1 N–H and O–H groups in total. The Kier molecular flexibility index (Phi) is 2.05. The zero-order chi connectivity index (χ0) is 10.1. The molecule has 0 saturated heterocycles. The van der Waals surface area contributed by atoms with Crippen LogP contribution in [0.5, 0.6) is 0 Å². The molecule has 1 heterocycles. The van der Waals surface area contributed by atoms with Gasteiger partial charge in [-0.15, -0.1) is 0 Å². The molecular formula is C9H5ClN2O2. The van der Waals surface area contributed by atoms with E-state index in [0.717, 1.165) is 0 Å². The van der Waals surface area contributed by atoms with Gasteiger partial charge in [0.25, 0.3) is 5.24 Å². The highest BCUT2D eigenvalue weighted by molar-refractivity contribution is 6.67. The van der Waals surface area contributed by atoms with E-state index >= 15 is 0 Å². The number of halogens is 1. The lowest BCUT2D eigenvalue weighted by Crippen LogP contribution is -2.15. The van der Waals surface area contributed by atoms with E-state index in [-0.39, 0.29) is 5.69 Å². The Bertz CT molecular complexity index is 562. The van der Waals surface area contributed by atoms with Gasteiger partial charge in [0.05, 0.1) is 5.52 Å². The third-order valence-electron chi connectivity index (χ3n) is 1.86. The standard InChI is InChI=1S/C9H5ClN2O2/c10-9(14)7-8(13)5-3-1-2-4-6(5)11-12-7/h1-4H,(H,11,13). The molecule has 0 radical (unpaired) electrons. The van der Waals surface area contributed by atoms with Crippen LogP contribution in [0.15, 0.2) is 29.1 Å². The molecular weight excluding hydrogens is 204 g/mol. The Morgan fingerprint density at radius 2 is 2.07 bits per heavy atom. The van der Waals surface area contributed by atoms with Crippen molar-refractivity contribution in [3.63, 3.8) is 0 Å². The van der Waals surface area contributed by atoms with E-state index in [0.29, 0.717) is 10.9 Å². The van der Waals surface area contributed by atoms with Crippen molar-refractivity contribution < 1.29 is 4.79 Å². The van der Waals surface area contributed by atoms with Crippen LogP contribution in [-0.4, -0.2) is 15.4 Å². The van der Waals surface area contributed by atoms with E-state index in [9.17, 15) is 9.59 Å². The molecule has 2 aromatic rings. The van der Waals surface area contributed by atoms with Gasteiger partial charge in [0.15, 0.2) is 5.69 Å². The Labute approximate surface area is 83.5 Å². The molecule has 0 aliphatic rings. The van der Waals surface area contributed by atoms with Crippen molar-refractivity contribution in [1.82, 2.24) is 10.2 Å². The Morgan fingerprint density at radius 3 is 2.79 bits per heavy atom. The molecule has 1 aromatic carbocycles. The lowest BCUT2D eigenvalue weighted by Gasteiger charge is -1.96. The largest absolute Gasteiger partial charge is 0.286 e. The van der Waals surface area contributed by atoms with E-state index in [2.05, 4.69) is 10.2 Å². The molecule has 0 aliphatic heterocycles. The van der Waals surface area contributed by atoms with Crippen LogP contribution >= 0.6 is 11.6 Å². The van der Waals surface area contributed by atoms with Crippen molar-refractivity contribution in [1.29, 1.82) is 0 Å². The summed E-state index contributed by atoms with van der Waals surface area (Å²) in [5.41, 5.74) is -0.135. The van der Waals surface area contributed by atoms with Crippen LogP contribution in [0.1, 0.15) is 10.5 Å². The van der Waals surface area contributed by atoms with E-state index in [1.807, 2.05) is 0 Å². The first-order valence-electron chi connectivity index (χ1n) is 3.87. The summed E-state index contributed by atoms with van der Waals surface area (Å²) in [5, 5.41) is 5.73. The zero-order valence-corrected chi connectivity index (χ0v) is 7.71. The predicted molar refractivity (Wildman–Crippen MR) is 52.5 cm³/mol. The number of aromatic nitrogens is 2. The number of H-pyrrole nitrogens is 1. The molecule has 0 aliphatic carbocycles. The monoisotopic (exact) mass is 208 g/mol. The lowest BCUT2D eigenvalue weighted by atomic mass is 10.2. The minimum absolute atomic E-state index is 0.273. The molecule has 4 nitrogen and oxygen atoms in total. The van der Waals surface area contributed by atoms with Gasteiger partial charge < -0.3 is 0 Å². The minimum Gasteiger partial charge on any atom is -0.286 e. The lowest BCUT2D eigenvalue weighted by molar-refractivity contribution is 0.107. The molecule has 0 bridgehead atoms. The molecule has 0 unspecified atom stereocenters. The summed E-state index contributed by atoms with van der Waals surface area (Å²) in [7, 11) is 0. The maximum absolute atomic E-state index is 11.6. The molecule has 2 rings (SSSR count). The van der Waals surface area contributed by atoms with Crippen LogP contribution in [0.25, 0.3) is 10.9 Å². The van der Waals surface area contributed by atoms with Crippen LogP contribution in [0.2, 0.25) is 0 Å². The number of hydrogen-bond acceptors (Lipinski definition) is 3. The van der Waals surface area contributed by atoms with Crippen molar-refractivity contribution in [3.05, 3.63) is 40.2 Å². The summed E-state index contributed by atoms with van der Waals surface area (Å²) in [6.45, 7) is 0. The quantitative estimate of drug-likeness (QED) is 0.719. The second kappa shape index (κ2) is 3.23. The molecule has 0 fully saturated rings. The first kappa shape index (κ1) is 8.90. The number of aromatic amines is 1. The van der Waals surface area contributed by atoms with Gasteiger partial charge in [-0.25, -0.2) is 0 Å². The maximum atomic E-state index is 11.6. The van der Waals surface area contributed by atoms with Crippen molar-refractivity contribution in [2.45, 2.75) is 0 Å². The number of nitrogens with one attached hydrogen (secondary N) is 1. The summed E-state index contributed by atoms with van der Waals surface area (Å²) in [6.07, 6.45) is 0. The van der Waals surface area contributed by atoms with Gasteiger partial charge in [0.1, 0.15) is 0 Å². The number of rotatable bonds is 1. The second-order valence-electron chi connectivity index (χ2n) is 2.72. The van der Waals surface area contributed by atoms with Gasteiger partial charge in [-0.2, -0.15) is 5.10 Å². The van der Waals surface area contributed by atoms with Gasteiger partial charge in [0, 0.05) is 5.39 Å². The molecule has 14 heavy (non-hydrogen) atoms. The Morgan fingerprint density at radius 1 is 1.36 bits per heavy atom. The van der Waals surface area contributed by atoms with Crippen LogP contribution in [0.3, 0.4) is 0 Å². The predicted octanol–water partition coefficient (Wildman–Crippen LogP) is 1.30. The van der Waals surface area contributed by atoms with Crippen LogP contribution in [0.4, 0.5) is 0 Å². The fourth-order valence-corrected chi connectivity index (χ4v) is 1.33. The number of carbonyl (C=O) groups excluding carboxylic acids is 1. The fraction of sp³-hybridized carbons (Fsp3) is 0. The van der Waals surface area contributed by atoms with Crippen LogP contribution in [0, 0.1) is 0 Å². The zero-order valence-electron chi connectivity index (χ0n) is 6.95.